The van der Waals surface area contributed by atoms with Gasteiger partial charge in [0.05, 0.1) is 5.41 Å². The third kappa shape index (κ3) is 5.29. The van der Waals surface area contributed by atoms with Gasteiger partial charge in [-0.05, 0) is 66.6 Å². The lowest BCUT2D eigenvalue weighted by molar-refractivity contribution is -0.129. The van der Waals surface area contributed by atoms with Gasteiger partial charge < -0.3 is 10.2 Å². The molecule has 1 unspecified atom stereocenters. The van der Waals surface area contributed by atoms with Crippen molar-refractivity contribution in [1.82, 2.24) is 10.2 Å². The molecule has 3 aromatic rings. The smallest absolute Gasteiger partial charge is 0.253 e. The van der Waals surface area contributed by atoms with Crippen molar-refractivity contribution in [2.45, 2.75) is 45.1 Å². The standard InChI is InChI=1S/C30H33FN2O2/c1-21(2)22(3)32-29(35)30(26-7-5-4-6-8-26)17-19-33(20-18-30)28(34)25-11-9-23(10-12-25)24-13-15-27(31)16-14-24/h4-16,21-22H,17-20H2,1-3H3,(H,32,35). The fraction of sp³-hybridized carbons (Fsp3) is 0.333. The summed E-state index contributed by atoms with van der Waals surface area (Å²) >= 11 is 0. The summed E-state index contributed by atoms with van der Waals surface area (Å²) in [7, 11) is 0. The molecule has 1 heterocycles. The second-order valence-electron chi connectivity index (χ2n) is 9.83. The molecular weight excluding hydrogens is 439 g/mol. The molecule has 1 atom stereocenters. The van der Waals surface area contributed by atoms with Crippen LogP contribution in [0.2, 0.25) is 0 Å². The number of piperidine rings is 1. The number of nitrogens with zero attached hydrogens (tertiary/aromatic N) is 1. The zero-order valence-electron chi connectivity index (χ0n) is 20.6. The van der Waals surface area contributed by atoms with Crippen LogP contribution < -0.4 is 5.32 Å². The molecular formula is C30H33FN2O2. The minimum absolute atomic E-state index is 0.0340. The Morgan fingerprint density at radius 2 is 1.37 bits per heavy atom. The van der Waals surface area contributed by atoms with E-state index in [1.54, 1.807) is 12.1 Å². The first kappa shape index (κ1) is 24.6. The molecule has 0 saturated carbocycles. The lowest BCUT2D eigenvalue weighted by Gasteiger charge is -2.42. The molecule has 1 aliphatic heterocycles. The molecule has 0 aliphatic carbocycles. The Bertz CT molecular complexity index is 1150. The molecule has 5 heteroatoms. The number of carbonyl (C=O) groups excluding carboxylic acids is 2. The zero-order valence-corrected chi connectivity index (χ0v) is 20.6. The Labute approximate surface area is 207 Å². The summed E-state index contributed by atoms with van der Waals surface area (Å²) in [6, 6.07) is 23.7. The number of rotatable bonds is 6. The van der Waals surface area contributed by atoms with Crippen molar-refractivity contribution in [3.8, 4) is 11.1 Å². The van der Waals surface area contributed by atoms with E-state index in [0.29, 0.717) is 37.4 Å². The number of amides is 2. The van der Waals surface area contributed by atoms with E-state index in [9.17, 15) is 14.0 Å². The van der Waals surface area contributed by atoms with Gasteiger partial charge in [-0.25, -0.2) is 4.39 Å². The fourth-order valence-electron chi connectivity index (χ4n) is 4.64. The molecule has 35 heavy (non-hydrogen) atoms. The van der Waals surface area contributed by atoms with Crippen molar-refractivity contribution >= 4 is 11.8 Å². The number of benzene rings is 3. The largest absolute Gasteiger partial charge is 0.353 e. The minimum atomic E-state index is -0.645. The molecule has 1 aliphatic rings. The SMILES string of the molecule is CC(C)C(C)NC(=O)C1(c2ccccc2)CCN(C(=O)c2ccc(-c3ccc(F)cc3)cc2)CC1. The molecule has 0 aromatic heterocycles. The minimum Gasteiger partial charge on any atom is -0.353 e. The van der Waals surface area contributed by atoms with Gasteiger partial charge in [-0.3, -0.25) is 9.59 Å². The maximum atomic E-state index is 13.5. The quantitative estimate of drug-likeness (QED) is 0.491. The van der Waals surface area contributed by atoms with Crippen molar-refractivity contribution in [3.63, 3.8) is 0 Å². The van der Waals surface area contributed by atoms with E-state index in [0.717, 1.165) is 16.7 Å². The van der Waals surface area contributed by atoms with Crippen molar-refractivity contribution in [1.29, 1.82) is 0 Å². The third-order valence-electron chi connectivity index (χ3n) is 7.33. The van der Waals surface area contributed by atoms with Crippen LogP contribution in [0.3, 0.4) is 0 Å². The van der Waals surface area contributed by atoms with Gasteiger partial charge in [-0.1, -0.05) is 68.4 Å². The van der Waals surface area contributed by atoms with Gasteiger partial charge in [-0.2, -0.15) is 0 Å². The predicted molar refractivity (Wildman–Crippen MR) is 138 cm³/mol. The lowest BCUT2D eigenvalue weighted by Crippen LogP contribution is -2.54. The summed E-state index contributed by atoms with van der Waals surface area (Å²) in [5, 5.41) is 3.22. The fourth-order valence-corrected chi connectivity index (χ4v) is 4.64. The van der Waals surface area contributed by atoms with Crippen LogP contribution in [-0.4, -0.2) is 35.8 Å². The molecule has 1 fully saturated rings. The van der Waals surface area contributed by atoms with E-state index < -0.39 is 5.41 Å². The van der Waals surface area contributed by atoms with Gasteiger partial charge in [0.15, 0.2) is 0 Å². The van der Waals surface area contributed by atoms with Gasteiger partial charge in [0.1, 0.15) is 5.82 Å². The second kappa shape index (κ2) is 10.4. The van der Waals surface area contributed by atoms with Crippen molar-refractivity contribution in [2.24, 2.45) is 5.92 Å². The number of hydrogen-bond acceptors (Lipinski definition) is 2. The predicted octanol–water partition coefficient (Wildman–Crippen LogP) is 5.83. The van der Waals surface area contributed by atoms with Crippen LogP contribution in [0, 0.1) is 11.7 Å². The highest BCUT2D eigenvalue weighted by molar-refractivity contribution is 5.95. The summed E-state index contributed by atoms with van der Waals surface area (Å²) in [5.41, 5.74) is 2.80. The molecule has 0 bridgehead atoms. The average molecular weight is 473 g/mol. The lowest BCUT2D eigenvalue weighted by atomic mass is 9.71. The average Bonchev–Trinajstić information content (AvgIpc) is 2.89. The van der Waals surface area contributed by atoms with Crippen LogP contribution in [0.1, 0.15) is 49.5 Å². The normalized spacial score (nSPS) is 16.1. The monoisotopic (exact) mass is 472 g/mol. The summed E-state index contributed by atoms with van der Waals surface area (Å²) in [6.45, 7) is 7.26. The summed E-state index contributed by atoms with van der Waals surface area (Å²) < 4.78 is 13.2. The van der Waals surface area contributed by atoms with Crippen molar-refractivity contribution in [2.75, 3.05) is 13.1 Å². The van der Waals surface area contributed by atoms with Crippen LogP contribution in [0.5, 0.6) is 0 Å². The molecule has 182 valence electrons. The van der Waals surface area contributed by atoms with E-state index in [2.05, 4.69) is 19.2 Å². The van der Waals surface area contributed by atoms with Crippen LogP contribution in [-0.2, 0) is 10.2 Å². The molecule has 1 saturated heterocycles. The molecule has 4 rings (SSSR count). The first-order valence-electron chi connectivity index (χ1n) is 12.3. The first-order chi connectivity index (χ1) is 16.8. The van der Waals surface area contributed by atoms with Crippen LogP contribution in [0.25, 0.3) is 11.1 Å². The molecule has 1 N–H and O–H groups in total. The highest BCUT2D eigenvalue weighted by Gasteiger charge is 2.44. The van der Waals surface area contributed by atoms with E-state index in [-0.39, 0.29) is 23.7 Å². The number of nitrogens with one attached hydrogen (secondary N) is 1. The van der Waals surface area contributed by atoms with E-state index in [4.69, 9.17) is 0 Å². The Morgan fingerprint density at radius 3 is 1.91 bits per heavy atom. The van der Waals surface area contributed by atoms with Gasteiger partial charge in [0, 0.05) is 24.7 Å². The number of halogens is 1. The van der Waals surface area contributed by atoms with E-state index in [1.165, 1.54) is 12.1 Å². The summed E-state index contributed by atoms with van der Waals surface area (Å²) in [4.78, 5) is 28.6. The molecule has 0 spiro atoms. The van der Waals surface area contributed by atoms with E-state index >= 15 is 0 Å². The van der Waals surface area contributed by atoms with Gasteiger partial charge in [-0.15, -0.1) is 0 Å². The summed E-state index contributed by atoms with van der Waals surface area (Å²) in [6.07, 6.45) is 1.15. The highest BCUT2D eigenvalue weighted by Crippen LogP contribution is 2.37. The maximum absolute atomic E-state index is 13.5. The van der Waals surface area contributed by atoms with Gasteiger partial charge in [0.25, 0.3) is 5.91 Å². The maximum Gasteiger partial charge on any atom is 0.253 e. The first-order valence-corrected chi connectivity index (χ1v) is 12.3. The topological polar surface area (TPSA) is 49.4 Å². The molecule has 2 amide bonds. The van der Waals surface area contributed by atoms with Gasteiger partial charge >= 0.3 is 0 Å². The highest BCUT2D eigenvalue weighted by atomic mass is 19.1. The van der Waals surface area contributed by atoms with Crippen LogP contribution in [0.4, 0.5) is 4.39 Å². The molecule has 4 nitrogen and oxygen atoms in total. The van der Waals surface area contributed by atoms with Gasteiger partial charge in [0.2, 0.25) is 5.91 Å². The summed E-state index contributed by atoms with van der Waals surface area (Å²) in [5.74, 6) is 0.0739. The number of likely N-dealkylation sites (tertiary alicyclic amines) is 1. The van der Waals surface area contributed by atoms with Crippen molar-refractivity contribution in [3.05, 3.63) is 95.8 Å². The number of carbonyl (C=O) groups is 2. The molecule has 0 radical (unpaired) electrons. The van der Waals surface area contributed by atoms with E-state index in [1.807, 2.05) is 66.4 Å². The second-order valence-corrected chi connectivity index (χ2v) is 9.83. The Balaban J connectivity index is 1.49. The van der Waals surface area contributed by atoms with Crippen LogP contribution >= 0.6 is 0 Å². The Morgan fingerprint density at radius 1 is 0.829 bits per heavy atom. The molecule has 3 aromatic carbocycles. The Kier molecular flexibility index (Phi) is 7.34. The van der Waals surface area contributed by atoms with Crippen molar-refractivity contribution < 1.29 is 14.0 Å². The Hall–Kier alpha value is -3.47. The zero-order chi connectivity index (χ0) is 25.0. The number of hydrogen-bond donors (Lipinski definition) is 1. The van der Waals surface area contributed by atoms with Crippen LogP contribution in [0.15, 0.2) is 78.9 Å². The third-order valence-corrected chi connectivity index (χ3v) is 7.33.